The summed E-state index contributed by atoms with van der Waals surface area (Å²) in [7, 11) is 1.89. The first-order valence-electron chi connectivity index (χ1n) is 5.37. The number of nitrogen functional groups attached to an aromatic ring is 1. The normalized spacial score (nSPS) is 10.9. The van der Waals surface area contributed by atoms with E-state index in [0.717, 1.165) is 24.2 Å². The van der Waals surface area contributed by atoms with Gasteiger partial charge < -0.3 is 5.73 Å². The summed E-state index contributed by atoms with van der Waals surface area (Å²) in [5, 5.41) is 12.2. The number of anilines is 1. The monoisotopic (exact) mass is 220 g/mol. The van der Waals surface area contributed by atoms with Gasteiger partial charge in [-0.15, -0.1) is 5.10 Å². The van der Waals surface area contributed by atoms with Crippen LogP contribution in [0, 0.1) is 0 Å². The molecule has 6 nitrogen and oxygen atoms in total. The fraction of sp³-hybridized carbons (Fsp3) is 0.500. The van der Waals surface area contributed by atoms with Crippen molar-refractivity contribution in [2.45, 2.75) is 26.3 Å². The maximum atomic E-state index is 5.77. The molecule has 2 N–H and O–H groups in total. The zero-order valence-electron chi connectivity index (χ0n) is 9.59. The Hall–Kier alpha value is -1.85. The molecule has 0 amide bonds. The van der Waals surface area contributed by atoms with Gasteiger partial charge in [0.05, 0.1) is 17.9 Å². The van der Waals surface area contributed by atoms with Crippen LogP contribution < -0.4 is 5.73 Å². The van der Waals surface area contributed by atoms with Crippen molar-refractivity contribution in [1.82, 2.24) is 24.8 Å². The van der Waals surface area contributed by atoms with Crippen molar-refractivity contribution in [3.63, 3.8) is 0 Å². The Labute approximate surface area is 94.1 Å². The third kappa shape index (κ3) is 2.05. The van der Waals surface area contributed by atoms with Gasteiger partial charge in [-0.1, -0.05) is 18.6 Å². The Kier molecular flexibility index (Phi) is 2.89. The topological polar surface area (TPSA) is 74.5 Å². The molecule has 0 spiro atoms. The van der Waals surface area contributed by atoms with Crippen molar-refractivity contribution in [2.24, 2.45) is 7.05 Å². The van der Waals surface area contributed by atoms with E-state index in [1.807, 2.05) is 24.0 Å². The van der Waals surface area contributed by atoms with E-state index in [1.165, 1.54) is 0 Å². The fourth-order valence-corrected chi connectivity index (χ4v) is 1.67. The Balaban J connectivity index is 2.20. The van der Waals surface area contributed by atoms with Crippen molar-refractivity contribution in [3.05, 3.63) is 23.7 Å². The molecular weight excluding hydrogens is 204 g/mol. The predicted molar refractivity (Wildman–Crippen MR) is 60.7 cm³/mol. The molecule has 0 bridgehead atoms. The van der Waals surface area contributed by atoms with Crippen molar-refractivity contribution in [3.8, 4) is 0 Å². The first-order valence-corrected chi connectivity index (χ1v) is 5.37. The fourth-order valence-electron chi connectivity index (χ4n) is 1.67. The van der Waals surface area contributed by atoms with Crippen LogP contribution in [0.4, 0.5) is 5.82 Å². The van der Waals surface area contributed by atoms with Gasteiger partial charge in [0.2, 0.25) is 0 Å². The lowest BCUT2D eigenvalue weighted by Crippen LogP contribution is -2.08. The zero-order chi connectivity index (χ0) is 11.5. The van der Waals surface area contributed by atoms with Crippen LogP contribution in [0.25, 0.3) is 0 Å². The Morgan fingerprint density at radius 2 is 2.25 bits per heavy atom. The van der Waals surface area contributed by atoms with Gasteiger partial charge in [-0.2, -0.15) is 5.10 Å². The molecule has 0 saturated carbocycles. The van der Waals surface area contributed by atoms with E-state index in [4.69, 9.17) is 5.73 Å². The van der Waals surface area contributed by atoms with Crippen molar-refractivity contribution < 1.29 is 0 Å². The first-order chi connectivity index (χ1) is 7.70. The Morgan fingerprint density at radius 3 is 2.88 bits per heavy atom. The largest absolute Gasteiger partial charge is 0.381 e. The van der Waals surface area contributed by atoms with E-state index < -0.39 is 0 Å². The maximum absolute atomic E-state index is 5.77. The van der Waals surface area contributed by atoms with E-state index in [2.05, 4.69) is 22.3 Å². The summed E-state index contributed by atoms with van der Waals surface area (Å²) in [6.45, 7) is 2.73. The van der Waals surface area contributed by atoms with Gasteiger partial charge in [0, 0.05) is 13.2 Å². The quantitative estimate of drug-likeness (QED) is 0.818. The van der Waals surface area contributed by atoms with E-state index in [0.29, 0.717) is 12.4 Å². The van der Waals surface area contributed by atoms with Crippen molar-refractivity contribution in [1.29, 1.82) is 0 Å². The number of aryl methyl sites for hydroxylation is 1. The van der Waals surface area contributed by atoms with Gasteiger partial charge in [-0.05, 0) is 12.5 Å². The molecule has 0 aliphatic carbocycles. The summed E-state index contributed by atoms with van der Waals surface area (Å²) < 4.78 is 3.59. The lowest BCUT2D eigenvalue weighted by Gasteiger charge is -2.03. The molecule has 2 heterocycles. The number of nitrogens with two attached hydrogens (primary N) is 1. The van der Waals surface area contributed by atoms with Crippen LogP contribution in [0.2, 0.25) is 0 Å². The van der Waals surface area contributed by atoms with Gasteiger partial charge in [-0.3, -0.25) is 4.68 Å². The Morgan fingerprint density at radius 1 is 1.44 bits per heavy atom. The molecule has 0 atom stereocenters. The van der Waals surface area contributed by atoms with Gasteiger partial charge in [-0.25, -0.2) is 4.68 Å². The van der Waals surface area contributed by atoms with Gasteiger partial charge in [0.1, 0.15) is 0 Å². The summed E-state index contributed by atoms with van der Waals surface area (Å²) in [6, 6.07) is 1.97. The molecule has 0 fully saturated rings. The number of nitrogens with zero attached hydrogens (tertiary/aromatic N) is 5. The summed E-state index contributed by atoms with van der Waals surface area (Å²) >= 11 is 0. The second-order valence-corrected chi connectivity index (χ2v) is 3.81. The number of hydrogen-bond acceptors (Lipinski definition) is 4. The molecule has 0 aromatic carbocycles. The molecule has 0 radical (unpaired) electrons. The highest BCUT2D eigenvalue weighted by molar-refractivity contribution is 5.33. The highest BCUT2D eigenvalue weighted by Gasteiger charge is 2.10. The summed E-state index contributed by atoms with van der Waals surface area (Å²) in [5.41, 5.74) is 7.72. The third-order valence-electron chi connectivity index (χ3n) is 2.44. The number of rotatable bonds is 4. The van der Waals surface area contributed by atoms with Gasteiger partial charge in [0.25, 0.3) is 0 Å². The van der Waals surface area contributed by atoms with Crippen molar-refractivity contribution in [2.75, 3.05) is 5.73 Å². The average molecular weight is 220 g/mol. The molecule has 6 heteroatoms. The van der Waals surface area contributed by atoms with E-state index >= 15 is 0 Å². The summed E-state index contributed by atoms with van der Waals surface area (Å²) in [5.74, 6) is 0.526. The average Bonchev–Trinajstić information content (AvgIpc) is 2.79. The first kappa shape index (κ1) is 10.7. The minimum absolute atomic E-state index is 0.526. The zero-order valence-corrected chi connectivity index (χ0v) is 9.59. The Bertz CT molecular complexity index is 469. The van der Waals surface area contributed by atoms with Crippen LogP contribution in [0.3, 0.4) is 0 Å². The SMILES string of the molecule is CCCc1c(N)nnn1Cc1ccn(C)n1. The summed E-state index contributed by atoms with van der Waals surface area (Å²) in [4.78, 5) is 0. The molecule has 86 valence electrons. The molecule has 0 aliphatic rings. The maximum Gasteiger partial charge on any atom is 0.169 e. The van der Waals surface area contributed by atoms with Crippen LogP contribution in [0.1, 0.15) is 24.7 Å². The van der Waals surface area contributed by atoms with E-state index in [9.17, 15) is 0 Å². The standard InChI is InChI=1S/C10H16N6/c1-3-4-9-10(11)12-14-16(9)7-8-5-6-15(2)13-8/h5-6H,3-4,7,11H2,1-2H3. The highest BCUT2D eigenvalue weighted by atomic mass is 15.4. The lowest BCUT2D eigenvalue weighted by atomic mass is 10.2. The summed E-state index contributed by atoms with van der Waals surface area (Å²) in [6.07, 6.45) is 3.83. The van der Waals surface area contributed by atoms with Crippen molar-refractivity contribution >= 4 is 5.82 Å². The van der Waals surface area contributed by atoms with Crippen LogP contribution in [0.5, 0.6) is 0 Å². The van der Waals surface area contributed by atoms with E-state index in [-0.39, 0.29) is 0 Å². The molecule has 16 heavy (non-hydrogen) atoms. The smallest absolute Gasteiger partial charge is 0.169 e. The molecule has 0 aliphatic heterocycles. The second kappa shape index (κ2) is 4.34. The van der Waals surface area contributed by atoms with E-state index in [1.54, 1.807) is 4.68 Å². The van der Waals surface area contributed by atoms with Crippen LogP contribution in [0.15, 0.2) is 12.3 Å². The minimum Gasteiger partial charge on any atom is -0.381 e. The number of hydrogen-bond donors (Lipinski definition) is 1. The van der Waals surface area contributed by atoms with Crippen LogP contribution in [-0.2, 0) is 20.0 Å². The van der Waals surface area contributed by atoms with Crippen LogP contribution >= 0.6 is 0 Å². The lowest BCUT2D eigenvalue weighted by molar-refractivity contribution is 0.595. The molecular formula is C10H16N6. The van der Waals surface area contributed by atoms with Crippen LogP contribution in [-0.4, -0.2) is 24.8 Å². The minimum atomic E-state index is 0.526. The highest BCUT2D eigenvalue weighted by Crippen LogP contribution is 2.11. The molecule has 2 aromatic heterocycles. The molecule has 0 unspecified atom stereocenters. The van der Waals surface area contributed by atoms with Gasteiger partial charge >= 0.3 is 0 Å². The molecule has 2 aromatic rings. The third-order valence-corrected chi connectivity index (χ3v) is 2.44. The number of aromatic nitrogens is 5. The van der Waals surface area contributed by atoms with Gasteiger partial charge in [0.15, 0.2) is 5.82 Å². The molecule has 0 saturated heterocycles. The predicted octanol–water partition coefficient (Wildman–Crippen LogP) is 0.595. The second-order valence-electron chi connectivity index (χ2n) is 3.81. The molecule has 2 rings (SSSR count).